The van der Waals surface area contributed by atoms with Crippen molar-refractivity contribution in [2.24, 2.45) is 0 Å². The summed E-state index contributed by atoms with van der Waals surface area (Å²) in [6.07, 6.45) is 5.65. The maximum absolute atomic E-state index is 2.38. The maximum Gasteiger partial charge on any atom is -0.00236 e. The fraction of sp³-hybridized carbons (Fsp3) is 0.130. The van der Waals surface area contributed by atoms with Gasteiger partial charge in [0.2, 0.25) is 0 Å². The van der Waals surface area contributed by atoms with E-state index in [4.69, 9.17) is 0 Å². The number of hydrogen-bond acceptors (Lipinski definition) is 0. The highest BCUT2D eigenvalue weighted by molar-refractivity contribution is 6.16. The van der Waals surface area contributed by atoms with E-state index in [1.54, 1.807) is 0 Å². The van der Waals surface area contributed by atoms with Gasteiger partial charge >= 0.3 is 0 Å². The molecule has 0 radical (unpaired) electrons. The average Bonchev–Trinajstić information content (AvgIpc) is 3.03. The van der Waals surface area contributed by atoms with Gasteiger partial charge in [0.15, 0.2) is 0 Å². The van der Waals surface area contributed by atoms with Crippen molar-refractivity contribution in [3.63, 3.8) is 0 Å². The highest BCUT2D eigenvalue weighted by atomic mass is 14.3. The van der Waals surface area contributed by atoms with Crippen molar-refractivity contribution >= 4 is 21.9 Å². The van der Waals surface area contributed by atoms with Gasteiger partial charge in [-0.2, -0.15) is 0 Å². The number of aryl methyl sites for hydroxylation is 2. The Morgan fingerprint density at radius 3 is 2.43 bits per heavy atom. The molecule has 0 saturated heterocycles. The molecule has 0 unspecified atom stereocenters. The van der Waals surface area contributed by atoms with Gasteiger partial charge in [-0.05, 0) is 75.6 Å². The Bertz CT molecular complexity index is 1050. The molecule has 0 N–H and O–H groups in total. The Labute approximate surface area is 136 Å². The molecule has 3 aromatic carbocycles. The first-order chi connectivity index (χ1) is 11.3. The van der Waals surface area contributed by atoms with Crippen LogP contribution in [0.2, 0.25) is 0 Å². The van der Waals surface area contributed by atoms with Crippen molar-refractivity contribution in [2.75, 3.05) is 0 Å². The van der Waals surface area contributed by atoms with Crippen LogP contribution >= 0.6 is 0 Å². The third kappa shape index (κ3) is 1.61. The molecule has 2 aliphatic carbocycles. The van der Waals surface area contributed by atoms with Crippen molar-refractivity contribution < 1.29 is 0 Å². The van der Waals surface area contributed by atoms with E-state index in [9.17, 15) is 0 Å². The van der Waals surface area contributed by atoms with Crippen molar-refractivity contribution in [1.82, 2.24) is 0 Å². The lowest BCUT2D eigenvalue weighted by atomic mass is 9.88. The van der Waals surface area contributed by atoms with Crippen LogP contribution in [0.3, 0.4) is 0 Å². The van der Waals surface area contributed by atoms with Crippen LogP contribution in [0.15, 0.2) is 60.7 Å². The third-order valence-corrected chi connectivity index (χ3v) is 5.45. The summed E-state index contributed by atoms with van der Waals surface area (Å²) in [5.41, 5.74) is 11.2. The number of benzene rings is 3. The molecular formula is C23H18. The van der Waals surface area contributed by atoms with Crippen LogP contribution in [0, 0.1) is 13.8 Å². The zero-order valence-corrected chi connectivity index (χ0v) is 13.5. The maximum atomic E-state index is 2.38. The summed E-state index contributed by atoms with van der Waals surface area (Å²) in [4.78, 5) is 0. The number of hydrogen-bond donors (Lipinski definition) is 0. The first-order valence-corrected chi connectivity index (χ1v) is 8.28. The van der Waals surface area contributed by atoms with Crippen molar-refractivity contribution in [3.8, 4) is 11.1 Å². The van der Waals surface area contributed by atoms with Gasteiger partial charge in [-0.3, -0.25) is 0 Å². The summed E-state index contributed by atoms with van der Waals surface area (Å²) in [6.45, 7) is 4.47. The van der Waals surface area contributed by atoms with E-state index in [-0.39, 0.29) is 0 Å². The molecule has 0 fully saturated rings. The molecule has 110 valence electrons. The van der Waals surface area contributed by atoms with Gasteiger partial charge < -0.3 is 0 Å². The normalized spacial score (nSPS) is 14.9. The molecule has 0 saturated carbocycles. The Balaban J connectivity index is 2.08. The molecule has 0 aromatic heterocycles. The van der Waals surface area contributed by atoms with Crippen molar-refractivity contribution in [1.29, 1.82) is 0 Å². The number of fused-ring (bicyclic) bond motifs is 4. The van der Waals surface area contributed by atoms with Crippen LogP contribution in [0.4, 0.5) is 0 Å². The lowest BCUT2D eigenvalue weighted by molar-refractivity contribution is 1.37. The van der Waals surface area contributed by atoms with Gasteiger partial charge in [0, 0.05) is 0 Å². The molecule has 2 aliphatic rings. The molecule has 3 aromatic rings. The first kappa shape index (κ1) is 12.9. The molecule has 0 spiro atoms. The van der Waals surface area contributed by atoms with Crippen LogP contribution in [-0.4, -0.2) is 0 Å². The van der Waals surface area contributed by atoms with E-state index in [0.29, 0.717) is 0 Å². The third-order valence-electron chi connectivity index (χ3n) is 5.45. The highest BCUT2D eigenvalue weighted by Crippen LogP contribution is 2.48. The van der Waals surface area contributed by atoms with E-state index >= 15 is 0 Å². The molecule has 0 amide bonds. The summed E-state index contributed by atoms with van der Waals surface area (Å²) in [6, 6.07) is 18.0. The van der Waals surface area contributed by atoms with Crippen LogP contribution in [-0.2, 0) is 0 Å². The molecular weight excluding hydrogens is 276 g/mol. The second-order valence-corrected chi connectivity index (χ2v) is 6.64. The van der Waals surface area contributed by atoms with Crippen molar-refractivity contribution in [2.45, 2.75) is 20.3 Å². The zero-order valence-electron chi connectivity index (χ0n) is 13.5. The van der Waals surface area contributed by atoms with Gasteiger partial charge in [-0.15, -0.1) is 0 Å². The second kappa shape index (κ2) is 4.45. The standard InChI is InChI=1S/C23H18/c1-14-13-22-20-8-4-3-7-17(20)18-10-6-11-19(18)21-12-5-9-16(15(14)2)23(21)22/h3-9,11-13H,10H2,1-2H3. The van der Waals surface area contributed by atoms with E-state index in [1.807, 2.05) is 0 Å². The summed E-state index contributed by atoms with van der Waals surface area (Å²) in [5, 5.41) is 2.81. The van der Waals surface area contributed by atoms with Crippen LogP contribution in [0.1, 0.15) is 28.7 Å². The molecule has 0 aliphatic heterocycles. The van der Waals surface area contributed by atoms with E-state index in [2.05, 4.69) is 74.5 Å². The SMILES string of the molecule is Cc1cc2c3c(cccc3c1C)C1=C(CC=C1)c1ccccc1-2. The monoisotopic (exact) mass is 294 g/mol. The Kier molecular flexibility index (Phi) is 2.50. The van der Waals surface area contributed by atoms with Crippen LogP contribution in [0.5, 0.6) is 0 Å². The fourth-order valence-electron chi connectivity index (χ4n) is 4.19. The molecule has 0 bridgehead atoms. The van der Waals surface area contributed by atoms with E-state index < -0.39 is 0 Å². The second-order valence-electron chi connectivity index (χ2n) is 6.64. The largest absolute Gasteiger partial charge is 0.0795 e. The molecule has 0 heterocycles. The predicted octanol–water partition coefficient (Wildman–Crippen LogP) is 6.31. The van der Waals surface area contributed by atoms with Gasteiger partial charge in [0.05, 0.1) is 0 Å². The smallest absolute Gasteiger partial charge is 0.00236 e. The molecule has 0 heteroatoms. The van der Waals surface area contributed by atoms with Crippen LogP contribution < -0.4 is 0 Å². The molecule has 23 heavy (non-hydrogen) atoms. The summed E-state index contributed by atoms with van der Waals surface area (Å²) >= 11 is 0. The Hall–Kier alpha value is -2.60. The zero-order chi connectivity index (χ0) is 15.6. The number of allylic oxidation sites excluding steroid dienone is 4. The van der Waals surface area contributed by atoms with E-state index in [1.165, 1.54) is 55.3 Å². The van der Waals surface area contributed by atoms with Crippen LogP contribution in [0.25, 0.3) is 33.0 Å². The van der Waals surface area contributed by atoms with Crippen molar-refractivity contribution in [3.05, 3.63) is 82.9 Å². The fourth-order valence-corrected chi connectivity index (χ4v) is 4.19. The minimum atomic E-state index is 1.04. The Morgan fingerprint density at radius 2 is 1.57 bits per heavy atom. The van der Waals surface area contributed by atoms with Gasteiger partial charge in [-0.25, -0.2) is 0 Å². The summed E-state index contributed by atoms with van der Waals surface area (Å²) < 4.78 is 0. The predicted molar refractivity (Wildman–Crippen MR) is 99.4 cm³/mol. The molecule has 5 rings (SSSR count). The minimum absolute atomic E-state index is 1.04. The lowest BCUT2D eigenvalue weighted by Gasteiger charge is -2.15. The quantitative estimate of drug-likeness (QED) is 0.456. The number of rotatable bonds is 0. The lowest BCUT2D eigenvalue weighted by Crippen LogP contribution is -1.92. The molecule has 0 atom stereocenters. The average molecular weight is 294 g/mol. The van der Waals surface area contributed by atoms with Gasteiger partial charge in [0.1, 0.15) is 0 Å². The summed E-state index contributed by atoms with van der Waals surface area (Å²) in [5.74, 6) is 0. The highest BCUT2D eigenvalue weighted by Gasteiger charge is 2.24. The minimum Gasteiger partial charge on any atom is -0.0795 e. The van der Waals surface area contributed by atoms with E-state index in [0.717, 1.165) is 6.42 Å². The van der Waals surface area contributed by atoms with Gasteiger partial charge in [0.25, 0.3) is 0 Å². The molecule has 0 nitrogen and oxygen atoms in total. The topological polar surface area (TPSA) is 0 Å². The summed E-state index contributed by atoms with van der Waals surface area (Å²) in [7, 11) is 0. The van der Waals surface area contributed by atoms with Gasteiger partial charge in [-0.1, -0.05) is 60.7 Å². The first-order valence-electron chi connectivity index (χ1n) is 8.28. The Morgan fingerprint density at radius 1 is 0.783 bits per heavy atom.